The highest BCUT2D eigenvalue weighted by Gasteiger charge is 2.31. The van der Waals surface area contributed by atoms with E-state index in [0.29, 0.717) is 25.9 Å². The van der Waals surface area contributed by atoms with Gasteiger partial charge in [-0.3, -0.25) is 9.48 Å². The number of rotatable bonds is 6. The van der Waals surface area contributed by atoms with Crippen LogP contribution in [0.2, 0.25) is 0 Å². The van der Waals surface area contributed by atoms with Gasteiger partial charge in [-0.1, -0.05) is 5.21 Å². The van der Waals surface area contributed by atoms with E-state index in [0.717, 1.165) is 0 Å². The Morgan fingerprint density at radius 3 is 2.95 bits per heavy atom. The summed E-state index contributed by atoms with van der Waals surface area (Å²) in [5.74, 6) is -1.58. The number of carboxylic acid groups (broad SMARTS) is 1. The van der Waals surface area contributed by atoms with Crippen LogP contribution in [0.3, 0.4) is 0 Å². The average Bonchev–Trinajstić information content (AvgIpc) is 2.92. The Balaban J connectivity index is 1.87. The second-order valence-electron chi connectivity index (χ2n) is 4.60. The minimum absolute atomic E-state index is 0.0218. The first-order valence-corrected chi connectivity index (χ1v) is 7.74. The third-order valence-corrected chi connectivity index (χ3v) is 4.75. The second kappa shape index (κ2) is 6.29. The van der Waals surface area contributed by atoms with Crippen LogP contribution in [0.5, 0.6) is 0 Å². The quantitative estimate of drug-likeness (QED) is 0.689. The van der Waals surface area contributed by atoms with Crippen molar-refractivity contribution in [2.24, 2.45) is 5.92 Å². The molecule has 0 saturated carbocycles. The Hall–Kier alpha value is -1.52. The van der Waals surface area contributed by atoms with Crippen molar-refractivity contribution in [3.63, 3.8) is 0 Å². The Morgan fingerprint density at radius 2 is 2.30 bits per heavy atom. The fourth-order valence-electron chi connectivity index (χ4n) is 2.09. The summed E-state index contributed by atoms with van der Waals surface area (Å²) in [6, 6.07) is 0. The third-order valence-electron chi connectivity index (χ3n) is 3.17. The van der Waals surface area contributed by atoms with Gasteiger partial charge in [0.2, 0.25) is 0 Å². The van der Waals surface area contributed by atoms with Gasteiger partial charge in [0, 0.05) is 25.8 Å². The topological polar surface area (TPSA) is 117 Å². The standard InChI is InChI=1S/C10H17N5O4S/c16-10(17)9-2-1-5-15(8-9)20(18,19)12-4-7-14-6-3-11-13-14/h3,6,9,12H,1-2,4-5,7-8H2,(H,16,17). The van der Waals surface area contributed by atoms with Crippen LogP contribution in [0, 0.1) is 5.92 Å². The van der Waals surface area contributed by atoms with Crippen LogP contribution in [0.25, 0.3) is 0 Å². The monoisotopic (exact) mass is 303 g/mol. The van der Waals surface area contributed by atoms with Crippen molar-refractivity contribution in [2.75, 3.05) is 19.6 Å². The first-order valence-electron chi connectivity index (χ1n) is 6.30. The van der Waals surface area contributed by atoms with Crippen molar-refractivity contribution in [1.82, 2.24) is 24.0 Å². The van der Waals surface area contributed by atoms with E-state index in [9.17, 15) is 13.2 Å². The van der Waals surface area contributed by atoms with E-state index < -0.39 is 22.1 Å². The predicted octanol–water partition coefficient (Wildman–Crippen LogP) is -1.09. The smallest absolute Gasteiger partial charge is 0.307 e. The molecule has 0 spiro atoms. The molecule has 1 aliphatic rings. The molecule has 9 nitrogen and oxygen atoms in total. The van der Waals surface area contributed by atoms with Gasteiger partial charge in [-0.15, -0.1) is 5.10 Å². The van der Waals surface area contributed by atoms with Crippen molar-refractivity contribution in [2.45, 2.75) is 19.4 Å². The molecule has 2 heterocycles. The molecule has 2 rings (SSSR count). The lowest BCUT2D eigenvalue weighted by molar-refractivity contribution is -0.142. The molecular formula is C10H17N5O4S. The van der Waals surface area contributed by atoms with Gasteiger partial charge in [0.15, 0.2) is 0 Å². The van der Waals surface area contributed by atoms with Crippen molar-refractivity contribution in [3.05, 3.63) is 12.4 Å². The molecule has 1 aromatic heterocycles. The van der Waals surface area contributed by atoms with Crippen molar-refractivity contribution in [1.29, 1.82) is 0 Å². The van der Waals surface area contributed by atoms with Gasteiger partial charge in [-0.25, -0.2) is 4.72 Å². The van der Waals surface area contributed by atoms with Gasteiger partial charge in [-0.05, 0) is 12.8 Å². The maximum Gasteiger partial charge on any atom is 0.307 e. The number of aliphatic carboxylic acids is 1. The SMILES string of the molecule is O=C(O)C1CCCN(S(=O)(=O)NCCn2ccnn2)C1. The van der Waals surface area contributed by atoms with Crippen LogP contribution in [0.4, 0.5) is 0 Å². The molecular weight excluding hydrogens is 286 g/mol. The lowest BCUT2D eigenvalue weighted by Crippen LogP contribution is -2.48. The molecule has 0 aliphatic carbocycles. The van der Waals surface area contributed by atoms with E-state index in [-0.39, 0.29) is 13.1 Å². The molecule has 112 valence electrons. The van der Waals surface area contributed by atoms with Crippen LogP contribution in [0.15, 0.2) is 12.4 Å². The molecule has 1 atom stereocenters. The summed E-state index contributed by atoms with van der Waals surface area (Å²) in [6.45, 7) is 0.922. The van der Waals surface area contributed by atoms with Gasteiger partial charge in [0.05, 0.1) is 18.7 Å². The number of nitrogens with one attached hydrogen (secondary N) is 1. The van der Waals surface area contributed by atoms with Crippen LogP contribution < -0.4 is 4.72 Å². The zero-order valence-corrected chi connectivity index (χ0v) is 11.7. The molecule has 1 fully saturated rings. The summed E-state index contributed by atoms with van der Waals surface area (Å²) in [5.41, 5.74) is 0. The zero-order chi connectivity index (χ0) is 14.6. The summed E-state index contributed by atoms with van der Waals surface area (Å²) in [6.07, 6.45) is 4.22. The molecule has 10 heteroatoms. The van der Waals surface area contributed by atoms with Crippen molar-refractivity contribution < 1.29 is 18.3 Å². The first kappa shape index (κ1) is 14.9. The van der Waals surface area contributed by atoms with Crippen LogP contribution in [-0.2, 0) is 21.5 Å². The average molecular weight is 303 g/mol. The van der Waals surface area contributed by atoms with Gasteiger partial charge in [0.25, 0.3) is 10.2 Å². The maximum atomic E-state index is 12.1. The highest BCUT2D eigenvalue weighted by molar-refractivity contribution is 7.87. The van der Waals surface area contributed by atoms with E-state index in [1.165, 1.54) is 15.2 Å². The number of carbonyl (C=O) groups is 1. The largest absolute Gasteiger partial charge is 0.481 e. The Morgan fingerprint density at radius 1 is 1.50 bits per heavy atom. The first-order chi connectivity index (χ1) is 9.49. The predicted molar refractivity (Wildman–Crippen MR) is 68.9 cm³/mol. The van der Waals surface area contributed by atoms with E-state index >= 15 is 0 Å². The normalized spacial score (nSPS) is 20.9. The molecule has 1 saturated heterocycles. The fraction of sp³-hybridized carbons (Fsp3) is 0.700. The number of aromatic nitrogens is 3. The highest BCUT2D eigenvalue weighted by atomic mass is 32.2. The summed E-state index contributed by atoms with van der Waals surface area (Å²) >= 11 is 0. The minimum atomic E-state index is -3.64. The highest BCUT2D eigenvalue weighted by Crippen LogP contribution is 2.18. The third kappa shape index (κ3) is 3.74. The van der Waals surface area contributed by atoms with Crippen molar-refractivity contribution >= 4 is 16.2 Å². The molecule has 1 aliphatic heterocycles. The Kier molecular flexibility index (Phi) is 4.68. The van der Waals surface area contributed by atoms with E-state index in [2.05, 4.69) is 15.0 Å². The summed E-state index contributed by atoms with van der Waals surface area (Å²) in [4.78, 5) is 10.9. The molecule has 0 amide bonds. The fourth-order valence-corrected chi connectivity index (χ4v) is 3.37. The minimum Gasteiger partial charge on any atom is -0.481 e. The molecule has 0 radical (unpaired) electrons. The number of nitrogens with zero attached hydrogens (tertiary/aromatic N) is 4. The molecule has 20 heavy (non-hydrogen) atoms. The molecule has 0 aromatic carbocycles. The molecule has 1 unspecified atom stereocenters. The maximum absolute atomic E-state index is 12.1. The second-order valence-corrected chi connectivity index (χ2v) is 6.36. The van der Waals surface area contributed by atoms with Crippen LogP contribution in [0.1, 0.15) is 12.8 Å². The van der Waals surface area contributed by atoms with Gasteiger partial charge < -0.3 is 5.11 Å². The number of hydrogen-bond acceptors (Lipinski definition) is 5. The van der Waals surface area contributed by atoms with Gasteiger partial charge in [-0.2, -0.15) is 12.7 Å². The van der Waals surface area contributed by atoms with Gasteiger partial charge in [0.1, 0.15) is 0 Å². The van der Waals surface area contributed by atoms with Crippen LogP contribution >= 0.6 is 0 Å². The Labute approximate surface area is 116 Å². The van der Waals surface area contributed by atoms with Crippen LogP contribution in [-0.4, -0.2) is 58.4 Å². The van der Waals surface area contributed by atoms with Crippen molar-refractivity contribution in [3.8, 4) is 0 Å². The number of carboxylic acids is 1. The Bertz CT molecular complexity index is 544. The van der Waals surface area contributed by atoms with E-state index in [1.807, 2.05) is 0 Å². The number of hydrogen-bond donors (Lipinski definition) is 2. The zero-order valence-electron chi connectivity index (χ0n) is 10.8. The van der Waals surface area contributed by atoms with E-state index in [1.54, 1.807) is 6.20 Å². The summed E-state index contributed by atoms with van der Waals surface area (Å²) < 4.78 is 29.3. The molecule has 0 bridgehead atoms. The number of piperidine rings is 1. The lowest BCUT2D eigenvalue weighted by Gasteiger charge is -2.29. The van der Waals surface area contributed by atoms with Gasteiger partial charge >= 0.3 is 5.97 Å². The summed E-state index contributed by atoms with van der Waals surface area (Å²) in [5, 5.41) is 16.3. The summed E-state index contributed by atoms with van der Waals surface area (Å²) in [7, 11) is -3.64. The molecule has 2 N–H and O–H groups in total. The lowest BCUT2D eigenvalue weighted by atomic mass is 10.0. The molecule has 1 aromatic rings. The van der Waals surface area contributed by atoms with E-state index in [4.69, 9.17) is 5.11 Å².